The third-order valence-electron chi connectivity index (χ3n) is 2.25. The van der Waals surface area contributed by atoms with E-state index in [0.717, 1.165) is 6.07 Å². The van der Waals surface area contributed by atoms with Gasteiger partial charge in [-0.25, -0.2) is 0 Å². The van der Waals surface area contributed by atoms with Crippen molar-refractivity contribution in [1.82, 2.24) is 0 Å². The molecule has 0 aliphatic heterocycles. The second-order valence-electron chi connectivity index (χ2n) is 3.51. The third kappa shape index (κ3) is 5.94. The topological polar surface area (TPSA) is 43.4 Å². The average Bonchev–Trinajstić information content (AvgIpc) is 2.16. The van der Waals surface area contributed by atoms with Gasteiger partial charge in [0, 0.05) is 5.75 Å². The van der Waals surface area contributed by atoms with Crippen molar-refractivity contribution in [3.8, 4) is 5.75 Å². The quantitative estimate of drug-likeness (QED) is 0.333. The molecule has 0 unspecified atom stereocenters. The van der Waals surface area contributed by atoms with Crippen molar-refractivity contribution < 1.29 is 80.8 Å². The smallest absolute Gasteiger partial charge is 0.445 e. The molecule has 0 saturated heterocycles. The minimum atomic E-state index is -5.36. The van der Waals surface area contributed by atoms with Crippen LogP contribution in [0.2, 0.25) is 0 Å². The second kappa shape index (κ2) is 7.14. The van der Waals surface area contributed by atoms with E-state index >= 15 is 0 Å². The van der Waals surface area contributed by atoms with Crippen LogP contribution in [0.15, 0.2) is 12.1 Å². The maximum Gasteiger partial charge on any atom is 1.00 e. The molecule has 0 heterocycles. The SMILES string of the molecule is Cc1c(CS)cc(OS(=O)(=O)F)cc1[B-](F)(F)F.[K+]. The summed E-state index contributed by atoms with van der Waals surface area (Å²) in [5, 5.41) is 0. The Morgan fingerprint density at radius 2 is 1.84 bits per heavy atom. The van der Waals surface area contributed by atoms with Crippen molar-refractivity contribution in [1.29, 1.82) is 0 Å². The van der Waals surface area contributed by atoms with Gasteiger partial charge in [0.05, 0.1) is 0 Å². The molecule has 0 N–H and O–H groups in total. The van der Waals surface area contributed by atoms with Gasteiger partial charge in [-0.15, -0.1) is 5.46 Å². The van der Waals surface area contributed by atoms with Crippen LogP contribution in [0.25, 0.3) is 0 Å². The molecule has 0 bridgehead atoms. The number of benzene rings is 1. The van der Waals surface area contributed by atoms with Crippen molar-refractivity contribution in [2.75, 3.05) is 0 Å². The van der Waals surface area contributed by atoms with Crippen LogP contribution in [0.3, 0.4) is 0 Å². The van der Waals surface area contributed by atoms with E-state index in [0.29, 0.717) is 6.07 Å². The van der Waals surface area contributed by atoms with E-state index in [1.54, 1.807) is 0 Å². The molecule has 0 atom stereocenters. The molecule has 1 aromatic carbocycles. The Morgan fingerprint density at radius 1 is 1.32 bits per heavy atom. The van der Waals surface area contributed by atoms with E-state index in [4.69, 9.17) is 0 Å². The summed E-state index contributed by atoms with van der Waals surface area (Å²) in [4.78, 5) is 0. The van der Waals surface area contributed by atoms with Gasteiger partial charge in [-0.2, -0.15) is 21.0 Å². The summed E-state index contributed by atoms with van der Waals surface area (Å²) in [7, 11) is -5.36. The zero-order chi connectivity index (χ0) is 14.1. The van der Waals surface area contributed by atoms with Gasteiger partial charge in [-0.1, -0.05) is 9.45 Å². The van der Waals surface area contributed by atoms with E-state index in [9.17, 15) is 25.3 Å². The molecule has 1 rings (SSSR count). The predicted molar refractivity (Wildman–Crippen MR) is 63.2 cm³/mol. The largest absolute Gasteiger partial charge is 1.00 e. The van der Waals surface area contributed by atoms with Crippen LogP contribution < -0.4 is 61.0 Å². The molecule has 0 aliphatic rings. The van der Waals surface area contributed by atoms with Gasteiger partial charge < -0.3 is 17.1 Å². The summed E-state index contributed by atoms with van der Waals surface area (Å²) in [6, 6.07) is 1.46. The molecule has 0 aliphatic carbocycles. The normalized spacial score (nSPS) is 11.9. The summed E-state index contributed by atoms with van der Waals surface area (Å²) < 4.78 is 74.8. The third-order valence-corrected chi connectivity index (χ3v) is 2.98. The number of rotatable bonds is 4. The maximum absolute atomic E-state index is 12.7. The first-order chi connectivity index (χ1) is 8.04. The minimum absolute atomic E-state index is 0. The fourth-order valence-corrected chi connectivity index (χ4v) is 2.09. The molecule has 0 spiro atoms. The van der Waals surface area contributed by atoms with Crippen LogP contribution in [0.4, 0.5) is 16.8 Å². The summed E-state index contributed by atoms with van der Waals surface area (Å²) in [5.74, 6) is -0.782. The molecule has 1 aromatic rings. The summed E-state index contributed by atoms with van der Waals surface area (Å²) in [6.45, 7) is -4.13. The van der Waals surface area contributed by atoms with Crippen LogP contribution in [0.5, 0.6) is 5.75 Å². The Bertz CT molecular complexity index is 562. The van der Waals surface area contributed by atoms with E-state index in [1.165, 1.54) is 6.92 Å². The Balaban J connectivity index is 0.00000324. The first kappa shape index (κ1) is 19.7. The van der Waals surface area contributed by atoms with Crippen LogP contribution in [0.1, 0.15) is 11.1 Å². The summed E-state index contributed by atoms with van der Waals surface area (Å²) in [5.41, 5.74) is -0.991. The molecule has 0 amide bonds. The van der Waals surface area contributed by atoms with Crippen molar-refractivity contribution in [3.05, 3.63) is 23.3 Å². The van der Waals surface area contributed by atoms with Gasteiger partial charge in [-0.05, 0) is 24.6 Å². The van der Waals surface area contributed by atoms with Gasteiger partial charge >= 0.3 is 68.9 Å². The minimum Gasteiger partial charge on any atom is -0.445 e. The van der Waals surface area contributed by atoms with Crippen LogP contribution >= 0.6 is 12.6 Å². The van der Waals surface area contributed by atoms with Crippen molar-refractivity contribution in [2.45, 2.75) is 12.7 Å². The van der Waals surface area contributed by atoms with Gasteiger partial charge in [0.2, 0.25) is 0 Å². The fourth-order valence-electron chi connectivity index (χ4n) is 1.44. The van der Waals surface area contributed by atoms with Gasteiger partial charge in [0.25, 0.3) is 0 Å². The van der Waals surface area contributed by atoms with Crippen molar-refractivity contribution in [3.63, 3.8) is 0 Å². The molecule has 0 radical (unpaired) electrons. The molecule has 102 valence electrons. The van der Waals surface area contributed by atoms with Crippen molar-refractivity contribution >= 4 is 35.6 Å². The Kier molecular flexibility index (Phi) is 7.42. The Morgan fingerprint density at radius 3 is 2.21 bits per heavy atom. The molecule has 19 heavy (non-hydrogen) atoms. The Labute approximate surface area is 156 Å². The molecule has 0 saturated carbocycles. The molecule has 3 nitrogen and oxygen atoms in total. The van der Waals surface area contributed by atoms with E-state index in [1.807, 2.05) is 0 Å². The molecule has 0 fully saturated rings. The number of halogens is 4. The molecule has 11 heteroatoms. The van der Waals surface area contributed by atoms with Crippen LogP contribution in [-0.2, 0) is 16.3 Å². The number of thiol groups is 1. The first-order valence-electron chi connectivity index (χ1n) is 4.63. The molecular weight excluding hydrogens is 334 g/mol. The van der Waals surface area contributed by atoms with Gasteiger partial charge in [-0.3, -0.25) is 0 Å². The summed E-state index contributed by atoms with van der Waals surface area (Å²) in [6.07, 6.45) is 0. The summed E-state index contributed by atoms with van der Waals surface area (Å²) >= 11 is 3.82. The molecule has 0 aromatic heterocycles. The second-order valence-corrected chi connectivity index (χ2v) is 4.78. The maximum atomic E-state index is 12.7. The number of hydrogen-bond donors (Lipinski definition) is 1. The van der Waals surface area contributed by atoms with E-state index in [-0.39, 0.29) is 68.3 Å². The standard InChI is InChI=1S/C8H8BF4O3S2.K/c1-5-6(4-17)2-7(16-18(13,14)15)3-8(5)9(10,11)12;/h2-3,17H,4H2,1H3;/q-1;+1. The van der Waals surface area contributed by atoms with Crippen LogP contribution in [0, 0.1) is 6.92 Å². The van der Waals surface area contributed by atoms with Gasteiger partial charge in [0.15, 0.2) is 0 Å². The molecular formula is C8H8BF4KO3S2. The predicted octanol–water partition coefficient (Wildman–Crippen LogP) is -0.924. The van der Waals surface area contributed by atoms with Crippen LogP contribution in [-0.4, -0.2) is 15.4 Å². The first-order valence-corrected chi connectivity index (χ1v) is 6.57. The zero-order valence-electron chi connectivity index (χ0n) is 10.0. The average molecular weight is 342 g/mol. The fraction of sp³-hybridized carbons (Fsp3) is 0.250. The zero-order valence-corrected chi connectivity index (χ0v) is 14.9. The number of hydrogen-bond acceptors (Lipinski definition) is 4. The van der Waals surface area contributed by atoms with Crippen molar-refractivity contribution in [2.24, 2.45) is 0 Å². The van der Waals surface area contributed by atoms with E-state index < -0.39 is 28.7 Å². The van der Waals surface area contributed by atoms with Gasteiger partial charge in [0.1, 0.15) is 5.75 Å². The Hall–Kier alpha value is 0.741. The monoisotopic (exact) mass is 342 g/mol. The van der Waals surface area contributed by atoms with E-state index in [2.05, 4.69) is 16.8 Å².